The van der Waals surface area contributed by atoms with E-state index in [-0.39, 0.29) is 22.6 Å². The predicted octanol–water partition coefficient (Wildman–Crippen LogP) is 0.903. The number of benzene rings is 2. The Kier molecular flexibility index (Phi) is 6.58. The summed E-state index contributed by atoms with van der Waals surface area (Å²) in [6, 6.07) is 5.81. The van der Waals surface area contributed by atoms with Gasteiger partial charge in [0, 0.05) is 0 Å². The van der Waals surface area contributed by atoms with Crippen LogP contribution in [0.2, 0.25) is 0 Å². The number of rotatable bonds is 4. The highest BCUT2D eigenvalue weighted by molar-refractivity contribution is 7.86. The molecule has 10 nitrogen and oxygen atoms in total. The Labute approximate surface area is 147 Å². The molecular weight excluding hydrogens is 392 g/mol. The molecule has 0 aliphatic heterocycles. The van der Waals surface area contributed by atoms with Crippen LogP contribution in [0.1, 0.15) is 20.7 Å². The molecule has 0 saturated heterocycles. The molecule has 0 saturated carbocycles. The summed E-state index contributed by atoms with van der Waals surface area (Å²) < 4.78 is 59.4. The molecule has 0 aliphatic carbocycles. The third kappa shape index (κ3) is 5.63. The fraction of sp³-hybridized carbons (Fsp3) is 0. The second kappa shape index (κ2) is 8.05. The van der Waals surface area contributed by atoms with E-state index in [0.29, 0.717) is 12.6 Å². The largest absolute Gasteiger partial charge is 0.507 e. The molecule has 0 aliphatic rings. The van der Waals surface area contributed by atoms with Crippen molar-refractivity contribution in [1.82, 2.24) is 0 Å². The number of phenolic OH excluding ortho intramolecular Hbond substituents is 2. The smallest absolute Gasteiger partial charge is 0.294 e. The van der Waals surface area contributed by atoms with E-state index in [1.54, 1.807) is 0 Å². The summed E-state index contributed by atoms with van der Waals surface area (Å²) in [6.45, 7) is 0. The molecule has 0 heterocycles. The van der Waals surface area contributed by atoms with Crippen LogP contribution in [0.3, 0.4) is 0 Å². The van der Waals surface area contributed by atoms with Gasteiger partial charge < -0.3 is 10.2 Å². The SMILES string of the molecule is O=Cc1cc(S(=O)(=O)O)ccc1O.O=Cc1cc(S(=O)(=O)O)ccc1O. The van der Waals surface area contributed by atoms with Crippen molar-refractivity contribution in [3.05, 3.63) is 47.5 Å². The van der Waals surface area contributed by atoms with E-state index < -0.39 is 30.0 Å². The zero-order valence-corrected chi connectivity index (χ0v) is 14.3. The Bertz CT molecular complexity index is 954. The lowest BCUT2D eigenvalue weighted by Gasteiger charge is -1.99. The second-order valence-corrected chi connectivity index (χ2v) is 7.47. The zero-order valence-electron chi connectivity index (χ0n) is 12.7. The van der Waals surface area contributed by atoms with Gasteiger partial charge in [-0.05, 0) is 36.4 Å². The molecule has 26 heavy (non-hydrogen) atoms. The number of carbonyl (C=O) groups excluding carboxylic acids is 2. The van der Waals surface area contributed by atoms with E-state index in [2.05, 4.69) is 0 Å². The van der Waals surface area contributed by atoms with Crippen molar-refractivity contribution in [2.45, 2.75) is 9.79 Å². The highest BCUT2D eigenvalue weighted by Gasteiger charge is 2.12. The minimum atomic E-state index is -4.32. The van der Waals surface area contributed by atoms with Gasteiger partial charge in [0.15, 0.2) is 12.6 Å². The Morgan fingerprint density at radius 2 is 0.962 bits per heavy atom. The van der Waals surface area contributed by atoms with Gasteiger partial charge in [0.05, 0.1) is 20.9 Å². The molecule has 2 rings (SSSR count). The van der Waals surface area contributed by atoms with Gasteiger partial charge in [-0.2, -0.15) is 16.8 Å². The third-order valence-electron chi connectivity index (χ3n) is 2.85. The maximum absolute atomic E-state index is 10.6. The van der Waals surface area contributed by atoms with Crippen molar-refractivity contribution < 1.29 is 45.7 Å². The van der Waals surface area contributed by atoms with Gasteiger partial charge in [-0.25, -0.2) is 0 Å². The van der Waals surface area contributed by atoms with E-state index >= 15 is 0 Å². The standard InChI is InChI=1S/2C7H6O5S/c2*8-4-5-3-6(13(10,11)12)1-2-7(5)9/h2*1-4,9H,(H,10,11,12). The molecule has 2 aromatic carbocycles. The normalized spacial score (nSPS) is 11.2. The maximum atomic E-state index is 10.6. The summed E-state index contributed by atoms with van der Waals surface area (Å²) in [5.41, 5.74) is -0.370. The summed E-state index contributed by atoms with van der Waals surface area (Å²) in [6.07, 6.45) is 0.591. The summed E-state index contributed by atoms with van der Waals surface area (Å²) in [4.78, 5) is 19.7. The lowest BCUT2D eigenvalue weighted by molar-refractivity contribution is 0.111. The number of aromatic hydroxyl groups is 2. The highest BCUT2D eigenvalue weighted by atomic mass is 32.2. The average molecular weight is 404 g/mol. The molecule has 0 aromatic heterocycles. The third-order valence-corrected chi connectivity index (χ3v) is 4.55. The minimum Gasteiger partial charge on any atom is -0.507 e. The van der Waals surface area contributed by atoms with Gasteiger partial charge in [-0.3, -0.25) is 18.7 Å². The van der Waals surface area contributed by atoms with Crippen LogP contribution < -0.4 is 0 Å². The zero-order chi connectivity index (χ0) is 20.1. The Hall–Kier alpha value is -2.80. The molecule has 0 unspecified atom stereocenters. The Morgan fingerprint density at radius 1 is 0.654 bits per heavy atom. The van der Waals surface area contributed by atoms with Gasteiger partial charge in [0.1, 0.15) is 11.5 Å². The molecule has 2 aromatic rings. The number of carbonyl (C=O) groups is 2. The quantitative estimate of drug-likeness (QED) is 0.422. The summed E-state index contributed by atoms with van der Waals surface area (Å²) >= 11 is 0. The molecule has 0 radical (unpaired) electrons. The Morgan fingerprint density at radius 3 is 1.19 bits per heavy atom. The van der Waals surface area contributed by atoms with E-state index in [1.165, 1.54) is 0 Å². The van der Waals surface area contributed by atoms with Crippen LogP contribution in [-0.2, 0) is 20.2 Å². The van der Waals surface area contributed by atoms with Crippen LogP contribution in [0.4, 0.5) is 0 Å². The Balaban J connectivity index is 0.000000260. The van der Waals surface area contributed by atoms with Gasteiger partial charge in [-0.15, -0.1) is 0 Å². The van der Waals surface area contributed by atoms with Gasteiger partial charge in [0.2, 0.25) is 0 Å². The monoisotopic (exact) mass is 404 g/mol. The van der Waals surface area contributed by atoms with Crippen molar-refractivity contribution in [2.24, 2.45) is 0 Å². The van der Waals surface area contributed by atoms with Crippen LogP contribution in [0.5, 0.6) is 11.5 Å². The highest BCUT2D eigenvalue weighted by Crippen LogP contribution is 2.20. The van der Waals surface area contributed by atoms with Crippen molar-refractivity contribution in [3.63, 3.8) is 0 Å². The van der Waals surface area contributed by atoms with Crippen LogP contribution in [-0.4, -0.2) is 48.7 Å². The first-order valence-corrected chi connectivity index (χ1v) is 9.29. The van der Waals surface area contributed by atoms with Gasteiger partial charge >= 0.3 is 0 Å². The van der Waals surface area contributed by atoms with Gasteiger partial charge in [-0.1, -0.05) is 0 Å². The summed E-state index contributed by atoms with van der Waals surface area (Å²) in [5.74, 6) is -0.662. The fourth-order valence-electron chi connectivity index (χ4n) is 1.57. The van der Waals surface area contributed by atoms with Crippen molar-refractivity contribution >= 4 is 32.8 Å². The molecule has 0 atom stereocenters. The molecule has 12 heteroatoms. The molecule has 4 N–H and O–H groups in total. The summed E-state index contributed by atoms with van der Waals surface area (Å²) in [7, 11) is -8.64. The van der Waals surface area contributed by atoms with E-state index in [1.807, 2.05) is 0 Å². The van der Waals surface area contributed by atoms with Crippen LogP contribution in [0.25, 0.3) is 0 Å². The van der Waals surface area contributed by atoms with E-state index in [9.17, 15) is 26.4 Å². The molecular formula is C14H12O10S2. The number of phenols is 2. The first-order chi connectivity index (χ1) is 11.9. The van der Waals surface area contributed by atoms with Crippen molar-refractivity contribution in [1.29, 1.82) is 0 Å². The number of hydrogen-bond acceptors (Lipinski definition) is 8. The van der Waals surface area contributed by atoms with Crippen molar-refractivity contribution in [3.8, 4) is 11.5 Å². The average Bonchev–Trinajstić information content (AvgIpc) is 2.54. The van der Waals surface area contributed by atoms with Crippen LogP contribution in [0.15, 0.2) is 46.2 Å². The first kappa shape index (κ1) is 21.2. The summed E-state index contributed by atoms with van der Waals surface area (Å²) in [5, 5.41) is 18.0. The predicted molar refractivity (Wildman–Crippen MR) is 86.6 cm³/mol. The lowest BCUT2D eigenvalue weighted by Crippen LogP contribution is -1.98. The lowest BCUT2D eigenvalue weighted by atomic mass is 10.2. The maximum Gasteiger partial charge on any atom is 0.294 e. The van der Waals surface area contributed by atoms with E-state index in [4.69, 9.17) is 19.3 Å². The topological polar surface area (TPSA) is 183 Å². The molecule has 0 spiro atoms. The van der Waals surface area contributed by atoms with Crippen LogP contribution in [0, 0.1) is 0 Å². The minimum absolute atomic E-state index is 0.185. The van der Waals surface area contributed by atoms with Crippen LogP contribution >= 0.6 is 0 Å². The molecule has 0 bridgehead atoms. The van der Waals surface area contributed by atoms with Crippen molar-refractivity contribution in [2.75, 3.05) is 0 Å². The fourth-order valence-corrected chi connectivity index (χ4v) is 2.61. The number of aldehydes is 2. The second-order valence-electron chi connectivity index (χ2n) is 4.63. The molecule has 0 amide bonds. The number of hydrogen-bond donors (Lipinski definition) is 4. The molecule has 140 valence electrons. The molecule has 0 fully saturated rings. The van der Waals surface area contributed by atoms with E-state index in [0.717, 1.165) is 36.4 Å². The van der Waals surface area contributed by atoms with Gasteiger partial charge in [0.25, 0.3) is 20.2 Å². The first-order valence-electron chi connectivity index (χ1n) is 6.41.